The molecule has 1 N–H and O–H groups in total. The van der Waals surface area contributed by atoms with E-state index in [0.29, 0.717) is 5.56 Å². The van der Waals surface area contributed by atoms with Crippen molar-refractivity contribution >= 4 is 17.5 Å². The number of hydrogen-bond donors (Lipinski definition) is 1. The van der Waals surface area contributed by atoms with Crippen LogP contribution in [-0.2, 0) is 9.59 Å². The van der Waals surface area contributed by atoms with E-state index in [0.717, 1.165) is 5.69 Å². The number of amides is 2. The van der Waals surface area contributed by atoms with Crippen LogP contribution >= 0.6 is 0 Å². The van der Waals surface area contributed by atoms with Crippen LogP contribution in [0.15, 0.2) is 24.3 Å². The second-order valence-corrected chi connectivity index (χ2v) is 4.68. The Bertz CT molecular complexity index is 540. The molecule has 0 aromatic heterocycles. The number of rotatable bonds is 1. The smallest absolute Gasteiger partial charge is 0.251 e. The maximum absolute atomic E-state index is 11.8. The summed E-state index contributed by atoms with van der Waals surface area (Å²) in [6.45, 7) is 3.64. The summed E-state index contributed by atoms with van der Waals surface area (Å²) < 4.78 is 0. The molecule has 0 aliphatic carbocycles. The molecule has 0 unspecified atom stereocenters. The highest BCUT2D eigenvalue weighted by molar-refractivity contribution is 6.06. The SMILES string of the molecule is CC1(C)C(=O)NC(=O)CN1c1ccc(C#N)cc1. The Morgan fingerprint density at radius 2 is 1.89 bits per heavy atom. The number of nitrogens with one attached hydrogen (secondary N) is 1. The molecule has 1 heterocycles. The molecule has 92 valence electrons. The molecular weight excluding hydrogens is 230 g/mol. The van der Waals surface area contributed by atoms with Gasteiger partial charge in [-0.2, -0.15) is 5.26 Å². The van der Waals surface area contributed by atoms with Crippen molar-refractivity contribution in [2.24, 2.45) is 0 Å². The lowest BCUT2D eigenvalue weighted by molar-refractivity contribution is -0.135. The highest BCUT2D eigenvalue weighted by atomic mass is 16.2. The maximum Gasteiger partial charge on any atom is 0.251 e. The molecule has 0 saturated carbocycles. The number of carbonyl (C=O) groups is 2. The Morgan fingerprint density at radius 3 is 2.44 bits per heavy atom. The Hall–Kier alpha value is -2.35. The molecule has 0 spiro atoms. The van der Waals surface area contributed by atoms with Gasteiger partial charge in [0.25, 0.3) is 5.91 Å². The van der Waals surface area contributed by atoms with Crippen molar-refractivity contribution in [3.8, 4) is 6.07 Å². The molecule has 1 aliphatic rings. The maximum atomic E-state index is 11.8. The van der Waals surface area contributed by atoms with Crippen molar-refractivity contribution in [3.05, 3.63) is 29.8 Å². The van der Waals surface area contributed by atoms with Crippen LogP contribution in [0, 0.1) is 11.3 Å². The monoisotopic (exact) mass is 243 g/mol. The third kappa shape index (κ3) is 1.93. The number of benzene rings is 1. The van der Waals surface area contributed by atoms with Crippen LogP contribution in [-0.4, -0.2) is 23.9 Å². The summed E-state index contributed by atoms with van der Waals surface area (Å²) in [4.78, 5) is 25.0. The Morgan fingerprint density at radius 1 is 1.28 bits per heavy atom. The van der Waals surface area contributed by atoms with E-state index in [9.17, 15) is 9.59 Å². The van der Waals surface area contributed by atoms with Gasteiger partial charge in [-0.1, -0.05) is 0 Å². The lowest BCUT2D eigenvalue weighted by Crippen LogP contribution is -2.64. The summed E-state index contributed by atoms with van der Waals surface area (Å²) in [7, 11) is 0. The number of imide groups is 1. The van der Waals surface area contributed by atoms with Crippen molar-refractivity contribution < 1.29 is 9.59 Å². The highest BCUT2D eigenvalue weighted by Crippen LogP contribution is 2.26. The zero-order valence-corrected chi connectivity index (χ0v) is 10.2. The van der Waals surface area contributed by atoms with E-state index in [1.54, 1.807) is 43.0 Å². The van der Waals surface area contributed by atoms with E-state index in [4.69, 9.17) is 5.26 Å². The fourth-order valence-corrected chi connectivity index (χ4v) is 1.91. The molecule has 0 atom stereocenters. The first-order valence-corrected chi connectivity index (χ1v) is 5.57. The number of anilines is 1. The van der Waals surface area contributed by atoms with Gasteiger partial charge >= 0.3 is 0 Å². The van der Waals surface area contributed by atoms with Gasteiger partial charge in [-0.25, -0.2) is 0 Å². The van der Waals surface area contributed by atoms with Crippen LogP contribution in [0.5, 0.6) is 0 Å². The van der Waals surface area contributed by atoms with Crippen molar-refractivity contribution in [3.63, 3.8) is 0 Å². The molecule has 1 aromatic rings. The van der Waals surface area contributed by atoms with Gasteiger partial charge in [0.1, 0.15) is 5.54 Å². The third-order valence-electron chi connectivity index (χ3n) is 3.09. The topological polar surface area (TPSA) is 73.2 Å². The zero-order chi connectivity index (χ0) is 13.3. The molecular formula is C13H13N3O2. The number of carbonyl (C=O) groups excluding carboxylic acids is 2. The van der Waals surface area contributed by atoms with Gasteiger partial charge in [-0.15, -0.1) is 0 Å². The van der Waals surface area contributed by atoms with Crippen molar-refractivity contribution in [1.29, 1.82) is 5.26 Å². The molecule has 18 heavy (non-hydrogen) atoms. The molecule has 1 saturated heterocycles. The van der Waals surface area contributed by atoms with Gasteiger partial charge < -0.3 is 4.90 Å². The lowest BCUT2D eigenvalue weighted by atomic mass is 9.97. The van der Waals surface area contributed by atoms with E-state index in [1.165, 1.54) is 0 Å². The molecule has 5 nitrogen and oxygen atoms in total. The third-order valence-corrected chi connectivity index (χ3v) is 3.09. The van der Waals surface area contributed by atoms with E-state index in [-0.39, 0.29) is 18.4 Å². The number of hydrogen-bond acceptors (Lipinski definition) is 4. The van der Waals surface area contributed by atoms with Crippen LogP contribution in [0.4, 0.5) is 5.69 Å². The van der Waals surface area contributed by atoms with Gasteiger partial charge in [-0.3, -0.25) is 14.9 Å². The summed E-state index contributed by atoms with van der Waals surface area (Å²) in [5, 5.41) is 11.1. The van der Waals surface area contributed by atoms with Crippen molar-refractivity contribution in [1.82, 2.24) is 5.32 Å². The number of nitrogens with zero attached hydrogens (tertiary/aromatic N) is 2. The predicted molar refractivity (Wildman–Crippen MR) is 65.7 cm³/mol. The van der Waals surface area contributed by atoms with Gasteiger partial charge in [0.05, 0.1) is 18.2 Å². The fraction of sp³-hybridized carbons (Fsp3) is 0.308. The van der Waals surface area contributed by atoms with E-state index < -0.39 is 5.54 Å². The molecule has 1 aliphatic heterocycles. The molecule has 2 rings (SSSR count). The zero-order valence-electron chi connectivity index (χ0n) is 10.2. The summed E-state index contributed by atoms with van der Waals surface area (Å²) in [6.07, 6.45) is 0. The standard InChI is InChI=1S/C13H13N3O2/c1-13(2)12(18)15-11(17)8-16(13)10-5-3-9(7-14)4-6-10/h3-6H,8H2,1-2H3,(H,15,17,18). The average Bonchev–Trinajstić information content (AvgIpc) is 2.34. The first kappa shape index (κ1) is 12.1. The summed E-state index contributed by atoms with van der Waals surface area (Å²) in [6, 6.07) is 8.85. The Balaban J connectivity index is 2.38. The predicted octanol–water partition coefficient (Wildman–Crippen LogP) is 0.800. The van der Waals surface area contributed by atoms with Gasteiger partial charge in [-0.05, 0) is 38.1 Å². The average molecular weight is 243 g/mol. The van der Waals surface area contributed by atoms with Crippen LogP contribution in [0.25, 0.3) is 0 Å². The summed E-state index contributed by atoms with van der Waals surface area (Å²) in [5.74, 6) is -0.633. The minimum Gasteiger partial charge on any atom is -0.348 e. The molecule has 0 bridgehead atoms. The minimum absolute atomic E-state index is 0.130. The molecule has 1 aromatic carbocycles. The summed E-state index contributed by atoms with van der Waals surface area (Å²) in [5.41, 5.74) is 0.508. The lowest BCUT2D eigenvalue weighted by Gasteiger charge is -2.41. The quantitative estimate of drug-likeness (QED) is 0.740. The first-order chi connectivity index (χ1) is 8.45. The van der Waals surface area contributed by atoms with Crippen molar-refractivity contribution in [2.75, 3.05) is 11.4 Å². The Labute approximate surface area is 105 Å². The van der Waals surface area contributed by atoms with Gasteiger partial charge in [0, 0.05) is 5.69 Å². The van der Waals surface area contributed by atoms with Crippen LogP contribution in [0.3, 0.4) is 0 Å². The first-order valence-electron chi connectivity index (χ1n) is 5.57. The van der Waals surface area contributed by atoms with Crippen LogP contribution in [0.1, 0.15) is 19.4 Å². The second-order valence-electron chi connectivity index (χ2n) is 4.68. The molecule has 1 fully saturated rings. The molecule has 0 radical (unpaired) electrons. The fourth-order valence-electron chi connectivity index (χ4n) is 1.91. The van der Waals surface area contributed by atoms with E-state index in [1.807, 2.05) is 6.07 Å². The van der Waals surface area contributed by atoms with E-state index in [2.05, 4.69) is 5.32 Å². The second kappa shape index (κ2) is 4.15. The van der Waals surface area contributed by atoms with Gasteiger partial charge in [0.15, 0.2) is 0 Å². The normalized spacial score (nSPS) is 18.2. The van der Waals surface area contributed by atoms with Gasteiger partial charge in [0.2, 0.25) is 5.91 Å². The molecule has 5 heteroatoms. The number of nitriles is 1. The largest absolute Gasteiger partial charge is 0.348 e. The van der Waals surface area contributed by atoms with Crippen molar-refractivity contribution in [2.45, 2.75) is 19.4 Å². The minimum atomic E-state index is -0.790. The van der Waals surface area contributed by atoms with E-state index >= 15 is 0 Å². The molecule has 2 amide bonds. The number of piperazine rings is 1. The summed E-state index contributed by atoms with van der Waals surface area (Å²) >= 11 is 0. The van der Waals surface area contributed by atoms with Crippen LogP contribution in [0.2, 0.25) is 0 Å². The Kier molecular flexibility index (Phi) is 2.79. The van der Waals surface area contributed by atoms with Crippen LogP contribution < -0.4 is 10.2 Å². The highest BCUT2D eigenvalue weighted by Gasteiger charge is 2.40.